The lowest BCUT2D eigenvalue weighted by Crippen LogP contribution is -1.98. The van der Waals surface area contributed by atoms with E-state index in [4.69, 9.17) is 27.9 Å². The Labute approximate surface area is 171 Å². The minimum absolute atomic E-state index is 0.464. The first-order valence-corrected chi connectivity index (χ1v) is 9.53. The maximum absolute atomic E-state index is 6.15. The van der Waals surface area contributed by atoms with E-state index in [-0.39, 0.29) is 0 Å². The van der Waals surface area contributed by atoms with Crippen molar-refractivity contribution < 1.29 is 4.74 Å². The molecule has 26 heavy (non-hydrogen) atoms. The Balaban J connectivity index is 1.82. The third-order valence-corrected chi connectivity index (χ3v) is 4.79. The number of ether oxygens (including phenoxy) is 1. The molecule has 2 nitrogen and oxygen atoms in total. The van der Waals surface area contributed by atoms with Crippen LogP contribution in [0.3, 0.4) is 0 Å². The van der Waals surface area contributed by atoms with Crippen LogP contribution < -0.4 is 4.74 Å². The summed E-state index contributed by atoms with van der Waals surface area (Å²) in [5.74, 6) is 0.723. The first kappa shape index (κ1) is 19.0. The molecule has 0 saturated carbocycles. The summed E-state index contributed by atoms with van der Waals surface area (Å²) in [6.45, 7) is 2.46. The van der Waals surface area contributed by atoms with Crippen molar-refractivity contribution in [1.29, 1.82) is 0 Å². The Morgan fingerprint density at radius 1 is 0.962 bits per heavy atom. The summed E-state index contributed by atoms with van der Waals surface area (Å²) in [4.78, 5) is 4.55. The van der Waals surface area contributed by atoms with Crippen molar-refractivity contribution in [3.63, 3.8) is 0 Å². The number of aryl methyl sites for hydroxylation is 1. The normalized spacial score (nSPS) is 11.1. The van der Waals surface area contributed by atoms with Gasteiger partial charge in [-0.3, -0.25) is 4.99 Å². The van der Waals surface area contributed by atoms with E-state index in [2.05, 4.69) is 20.9 Å². The van der Waals surface area contributed by atoms with Gasteiger partial charge in [0, 0.05) is 26.3 Å². The van der Waals surface area contributed by atoms with E-state index >= 15 is 0 Å². The van der Waals surface area contributed by atoms with E-state index in [1.807, 2.05) is 61.5 Å². The van der Waals surface area contributed by atoms with Crippen LogP contribution in [0.1, 0.15) is 16.7 Å². The summed E-state index contributed by atoms with van der Waals surface area (Å²) >= 11 is 15.6. The number of benzene rings is 3. The van der Waals surface area contributed by atoms with Gasteiger partial charge in [-0.2, -0.15) is 0 Å². The van der Waals surface area contributed by atoms with Gasteiger partial charge in [0.15, 0.2) is 0 Å². The van der Waals surface area contributed by atoms with Crippen molar-refractivity contribution in [1.82, 2.24) is 0 Å². The van der Waals surface area contributed by atoms with E-state index in [1.54, 1.807) is 12.3 Å². The lowest BCUT2D eigenvalue weighted by molar-refractivity contribution is 0.306. The lowest BCUT2D eigenvalue weighted by atomic mass is 10.2. The average molecular weight is 449 g/mol. The van der Waals surface area contributed by atoms with Gasteiger partial charge >= 0.3 is 0 Å². The van der Waals surface area contributed by atoms with Crippen LogP contribution in [0.2, 0.25) is 10.0 Å². The Morgan fingerprint density at radius 2 is 1.65 bits per heavy atom. The molecule has 0 fully saturated rings. The first-order chi connectivity index (χ1) is 12.5. The molecule has 0 aromatic heterocycles. The smallest absolute Gasteiger partial charge is 0.128 e. The Hall–Kier alpha value is -1.81. The van der Waals surface area contributed by atoms with Gasteiger partial charge in [0.25, 0.3) is 0 Å². The fourth-order valence-corrected chi connectivity index (χ4v) is 2.97. The molecule has 5 heteroatoms. The van der Waals surface area contributed by atoms with E-state index in [1.165, 1.54) is 0 Å². The van der Waals surface area contributed by atoms with Gasteiger partial charge in [-0.25, -0.2) is 0 Å². The van der Waals surface area contributed by atoms with Crippen LogP contribution >= 0.6 is 39.1 Å². The molecule has 132 valence electrons. The van der Waals surface area contributed by atoms with Gasteiger partial charge < -0.3 is 4.74 Å². The van der Waals surface area contributed by atoms with Crippen LogP contribution in [0.5, 0.6) is 5.75 Å². The maximum Gasteiger partial charge on any atom is 0.128 e. The van der Waals surface area contributed by atoms with Crippen LogP contribution in [-0.2, 0) is 6.61 Å². The quantitative estimate of drug-likeness (QED) is 0.372. The summed E-state index contributed by atoms with van der Waals surface area (Å²) in [7, 11) is 0. The second-order valence-electron chi connectivity index (χ2n) is 5.79. The molecule has 0 bridgehead atoms. The van der Waals surface area contributed by atoms with Crippen LogP contribution in [-0.4, -0.2) is 6.21 Å². The zero-order valence-corrected chi connectivity index (χ0v) is 17.1. The molecule has 0 heterocycles. The van der Waals surface area contributed by atoms with Crippen molar-refractivity contribution in [2.24, 2.45) is 4.99 Å². The van der Waals surface area contributed by atoms with E-state index in [0.717, 1.165) is 32.6 Å². The van der Waals surface area contributed by atoms with Gasteiger partial charge in [-0.15, -0.1) is 0 Å². The van der Waals surface area contributed by atoms with Crippen molar-refractivity contribution in [3.05, 3.63) is 91.9 Å². The van der Waals surface area contributed by atoms with Crippen molar-refractivity contribution >= 4 is 51.0 Å². The fraction of sp³-hybridized carbons (Fsp3) is 0.0952. The molecule has 0 amide bonds. The molecule has 0 aliphatic rings. The van der Waals surface area contributed by atoms with Crippen molar-refractivity contribution in [2.75, 3.05) is 0 Å². The van der Waals surface area contributed by atoms with Crippen molar-refractivity contribution in [3.8, 4) is 5.75 Å². The SMILES string of the molecule is Cc1ccc(Cl)cc1N=Cc1cc(Cl)ccc1OCc1ccc(Br)cc1. The van der Waals surface area contributed by atoms with Crippen LogP contribution in [0.15, 0.2) is 70.1 Å². The molecule has 3 aromatic carbocycles. The van der Waals surface area contributed by atoms with Crippen LogP contribution in [0.4, 0.5) is 5.69 Å². The largest absolute Gasteiger partial charge is 0.488 e. The zero-order chi connectivity index (χ0) is 18.5. The predicted octanol–water partition coefficient (Wildman–Crippen LogP) is 7.39. The number of hydrogen-bond donors (Lipinski definition) is 0. The van der Waals surface area contributed by atoms with Crippen molar-refractivity contribution in [2.45, 2.75) is 13.5 Å². The number of rotatable bonds is 5. The molecule has 0 N–H and O–H groups in total. The Bertz CT molecular complexity index is 939. The maximum atomic E-state index is 6.15. The number of halogens is 3. The number of hydrogen-bond acceptors (Lipinski definition) is 2. The Kier molecular flexibility index (Phi) is 6.36. The second-order valence-corrected chi connectivity index (χ2v) is 7.57. The first-order valence-electron chi connectivity index (χ1n) is 7.98. The van der Waals surface area contributed by atoms with E-state index in [0.29, 0.717) is 16.7 Å². The third kappa shape index (κ3) is 5.10. The fourth-order valence-electron chi connectivity index (χ4n) is 2.35. The highest BCUT2D eigenvalue weighted by atomic mass is 79.9. The minimum atomic E-state index is 0.464. The summed E-state index contributed by atoms with van der Waals surface area (Å²) in [6, 6.07) is 19.1. The molecule has 0 aliphatic carbocycles. The molecule has 0 spiro atoms. The highest BCUT2D eigenvalue weighted by molar-refractivity contribution is 9.10. The summed E-state index contributed by atoms with van der Waals surface area (Å²) < 4.78 is 7.01. The van der Waals surface area contributed by atoms with Crippen LogP contribution in [0, 0.1) is 6.92 Å². The standard InChI is InChI=1S/C21H16BrCl2NO/c1-14-2-7-19(24)11-20(14)25-12-16-10-18(23)8-9-21(16)26-13-15-3-5-17(22)6-4-15/h2-12H,13H2,1H3. The lowest BCUT2D eigenvalue weighted by Gasteiger charge is -2.10. The second kappa shape index (κ2) is 8.72. The number of aliphatic imine (C=N–C) groups is 1. The highest BCUT2D eigenvalue weighted by Crippen LogP contribution is 2.26. The van der Waals surface area contributed by atoms with Gasteiger partial charge in [0.05, 0.1) is 5.69 Å². The van der Waals surface area contributed by atoms with E-state index in [9.17, 15) is 0 Å². The molecule has 3 aromatic rings. The minimum Gasteiger partial charge on any atom is -0.488 e. The number of nitrogens with zero attached hydrogens (tertiary/aromatic N) is 1. The topological polar surface area (TPSA) is 21.6 Å². The zero-order valence-electron chi connectivity index (χ0n) is 14.0. The summed E-state index contributed by atoms with van der Waals surface area (Å²) in [6.07, 6.45) is 1.75. The predicted molar refractivity (Wildman–Crippen MR) is 113 cm³/mol. The summed E-state index contributed by atoms with van der Waals surface area (Å²) in [5.41, 5.74) is 3.76. The molecule has 0 radical (unpaired) electrons. The average Bonchev–Trinajstić information content (AvgIpc) is 2.63. The molecular weight excluding hydrogens is 433 g/mol. The highest BCUT2D eigenvalue weighted by Gasteiger charge is 2.05. The molecular formula is C21H16BrCl2NO. The van der Waals surface area contributed by atoms with Gasteiger partial charge in [-0.1, -0.05) is 57.3 Å². The van der Waals surface area contributed by atoms with Crippen LogP contribution in [0.25, 0.3) is 0 Å². The monoisotopic (exact) mass is 447 g/mol. The third-order valence-electron chi connectivity index (χ3n) is 3.79. The van der Waals surface area contributed by atoms with Gasteiger partial charge in [-0.05, 0) is 60.5 Å². The Morgan fingerprint density at radius 3 is 2.42 bits per heavy atom. The van der Waals surface area contributed by atoms with Gasteiger partial charge in [0.1, 0.15) is 12.4 Å². The summed E-state index contributed by atoms with van der Waals surface area (Å²) in [5, 5.41) is 1.28. The molecule has 0 saturated heterocycles. The molecule has 0 aliphatic heterocycles. The molecule has 0 atom stereocenters. The van der Waals surface area contributed by atoms with E-state index < -0.39 is 0 Å². The molecule has 0 unspecified atom stereocenters. The molecule has 3 rings (SSSR count). The van der Waals surface area contributed by atoms with Gasteiger partial charge in [0.2, 0.25) is 0 Å².